The molecule has 7 heteroatoms. The third-order valence-electron chi connectivity index (χ3n) is 5.79. The van der Waals surface area contributed by atoms with E-state index in [0.29, 0.717) is 11.1 Å². The summed E-state index contributed by atoms with van der Waals surface area (Å²) in [5.41, 5.74) is 1.85. The number of hydrogen-bond donors (Lipinski definition) is 0. The number of ether oxygens (including phenoxy) is 1. The van der Waals surface area contributed by atoms with Crippen LogP contribution in [0.5, 0.6) is 0 Å². The first-order valence-electron chi connectivity index (χ1n) is 9.38. The second kappa shape index (κ2) is 8.50. The quantitative estimate of drug-likeness (QED) is 0.361. The molecule has 0 heterocycles. The molecule has 0 bridgehead atoms. The van der Waals surface area contributed by atoms with Crippen molar-refractivity contribution in [3.8, 4) is 11.1 Å². The third kappa shape index (κ3) is 4.83. The summed E-state index contributed by atoms with van der Waals surface area (Å²) in [4.78, 5) is 12.6. The van der Waals surface area contributed by atoms with E-state index in [4.69, 9.17) is 4.74 Å². The van der Waals surface area contributed by atoms with Gasteiger partial charge in [0.2, 0.25) is 0 Å². The summed E-state index contributed by atoms with van der Waals surface area (Å²) in [5.74, 6) is -0.419. The summed E-state index contributed by atoms with van der Waals surface area (Å²) in [6, 6.07) is 10.6. The minimum absolute atomic E-state index is 0.0793. The van der Waals surface area contributed by atoms with Crippen molar-refractivity contribution in [1.29, 1.82) is 0 Å². The lowest BCUT2D eigenvalue weighted by molar-refractivity contribution is -0.147. The van der Waals surface area contributed by atoms with Crippen molar-refractivity contribution in [2.24, 2.45) is 17.3 Å². The Hall–Kier alpha value is -1.60. The fourth-order valence-corrected chi connectivity index (χ4v) is 4.40. The predicted molar refractivity (Wildman–Crippen MR) is 118 cm³/mol. The van der Waals surface area contributed by atoms with E-state index in [1.54, 1.807) is 18.2 Å². The van der Waals surface area contributed by atoms with Crippen LogP contribution in [-0.4, -0.2) is 5.97 Å². The zero-order valence-electron chi connectivity index (χ0n) is 16.7. The van der Waals surface area contributed by atoms with Gasteiger partial charge in [0.05, 0.1) is 14.9 Å². The van der Waals surface area contributed by atoms with Crippen LogP contribution in [0.1, 0.15) is 30.5 Å². The van der Waals surface area contributed by atoms with Crippen LogP contribution < -0.4 is 0 Å². The molecule has 30 heavy (non-hydrogen) atoms. The summed E-state index contributed by atoms with van der Waals surface area (Å²) in [6.07, 6.45) is -2.45. The fraction of sp³-hybridized carbons (Fsp3) is 0.348. The van der Waals surface area contributed by atoms with E-state index in [-0.39, 0.29) is 29.8 Å². The molecular weight excluding hydrogens is 525 g/mol. The number of carbonyl (C=O) groups excluding carboxylic acids is 1. The summed E-state index contributed by atoms with van der Waals surface area (Å²) in [5, 5.41) is 0. The van der Waals surface area contributed by atoms with Crippen LogP contribution in [0.2, 0.25) is 0 Å². The normalized spacial score (nSPS) is 19.9. The van der Waals surface area contributed by atoms with Crippen LogP contribution in [0.3, 0.4) is 0 Å². The van der Waals surface area contributed by atoms with E-state index in [1.807, 2.05) is 32.9 Å². The highest BCUT2D eigenvalue weighted by Gasteiger charge is 2.61. The highest BCUT2D eigenvalue weighted by molar-refractivity contribution is 9.28. The number of allylic oxidation sites excluding steroid dienone is 1. The minimum Gasteiger partial charge on any atom is -0.461 e. The molecule has 2 aromatic rings. The number of esters is 1. The van der Waals surface area contributed by atoms with E-state index in [0.717, 1.165) is 26.7 Å². The van der Waals surface area contributed by atoms with Crippen molar-refractivity contribution in [2.45, 2.75) is 33.6 Å². The largest absolute Gasteiger partial charge is 0.461 e. The lowest BCUT2D eigenvalue weighted by Gasteiger charge is -2.14. The van der Waals surface area contributed by atoms with E-state index < -0.39 is 11.7 Å². The van der Waals surface area contributed by atoms with Gasteiger partial charge in [-0.2, -0.15) is 13.2 Å². The Balaban J connectivity index is 1.77. The molecule has 0 unspecified atom stereocenters. The number of rotatable bonds is 5. The van der Waals surface area contributed by atoms with Gasteiger partial charge in [-0.15, -0.1) is 0 Å². The Morgan fingerprint density at radius 1 is 1.17 bits per heavy atom. The lowest BCUT2D eigenvalue weighted by atomic mass is 9.95. The van der Waals surface area contributed by atoms with Gasteiger partial charge in [-0.25, -0.2) is 0 Å². The minimum atomic E-state index is -4.40. The van der Waals surface area contributed by atoms with Crippen molar-refractivity contribution < 1.29 is 22.7 Å². The summed E-state index contributed by atoms with van der Waals surface area (Å²) in [6.45, 7) is 5.94. The van der Waals surface area contributed by atoms with Crippen molar-refractivity contribution in [1.82, 2.24) is 0 Å². The van der Waals surface area contributed by atoms with E-state index in [1.165, 1.54) is 6.07 Å². The zero-order chi connectivity index (χ0) is 22.3. The SMILES string of the molecule is Cc1c(COC(=O)[C@@H]2[C@H](C=C(Br)Br)C2(C)C)cccc1-c1cccc(C(F)(F)F)c1. The standard InChI is InChI=1S/C23H21Br2F3O2/c1-13-15(12-30-21(29)20-18(11-19(24)25)22(20,2)3)7-5-9-17(13)14-6-4-8-16(10-14)23(26,27)28/h4-11,18,20H,12H2,1-3H3/t18-,20-/m0/s1. The van der Waals surface area contributed by atoms with Gasteiger partial charge >= 0.3 is 12.1 Å². The Labute approximate surface area is 190 Å². The van der Waals surface area contributed by atoms with Crippen molar-refractivity contribution in [3.05, 3.63) is 68.6 Å². The number of hydrogen-bond acceptors (Lipinski definition) is 2. The number of benzene rings is 2. The summed E-state index contributed by atoms with van der Waals surface area (Å²) < 4.78 is 45.6. The maximum absolute atomic E-state index is 13.1. The van der Waals surface area contributed by atoms with Crippen molar-refractivity contribution in [2.75, 3.05) is 0 Å². The third-order valence-corrected chi connectivity index (χ3v) is 6.32. The number of carbonyl (C=O) groups is 1. The maximum atomic E-state index is 13.1. The van der Waals surface area contributed by atoms with E-state index in [2.05, 4.69) is 31.9 Å². The summed E-state index contributed by atoms with van der Waals surface area (Å²) in [7, 11) is 0. The Kier molecular flexibility index (Phi) is 6.54. The smallest absolute Gasteiger partial charge is 0.416 e. The average molecular weight is 546 g/mol. The molecule has 0 saturated heterocycles. The Morgan fingerprint density at radius 2 is 1.83 bits per heavy atom. The highest BCUT2D eigenvalue weighted by Crippen LogP contribution is 2.60. The van der Waals surface area contributed by atoms with Gasteiger partial charge < -0.3 is 4.74 Å². The molecular formula is C23H21Br2F3O2. The maximum Gasteiger partial charge on any atom is 0.416 e. The molecule has 160 valence electrons. The second-order valence-electron chi connectivity index (χ2n) is 8.06. The molecule has 0 N–H and O–H groups in total. The van der Waals surface area contributed by atoms with Crippen LogP contribution in [0, 0.1) is 24.2 Å². The monoisotopic (exact) mass is 544 g/mol. The van der Waals surface area contributed by atoms with Crippen LogP contribution >= 0.6 is 31.9 Å². The molecule has 2 nitrogen and oxygen atoms in total. The molecule has 2 aromatic carbocycles. The molecule has 0 amide bonds. The van der Waals surface area contributed by atoms with Gasteiger partial charge in [0.1, 0.15) is 6.61 Å². The van der Waals surface area contributed by atoms with E-state index >= 15 is 0 Å². The molecule has 1 fully saturated rings. The van der Waals surface area contributed by atoms with E-state index in [9.17, 15) is 18.0 Å². The lowest BCUT2D eigenvalue weighted by Crippen LogP contribution is -2.11. The van der Waals surface area contributed by atoms with Crippen LogP contribution in [0.15, 0.2) is 51.9 Å². The molecule has 0 aliphatic heterocycles. The summed E-state index contributed by atoms with van der Waals surface area (Å²) >= 11 is 6.66. The first-order chi connectivity index (χ1) is 13.9. The van der Waals surface area contributed by atoms with Gasteiger partial charge in [-0.1, -0.05) is 50.3 Å². The van der Waals surface area contributed by atoms with Gasteiger partial charge in [-0.3, -0.25) is 4.79 Å². The van der Waals surface area contributed by atoms with Crippen LogP contribution in [-0.2, 0) is 22.3 Å². The molecule has 0 radical (unpaired) electrons. The van der Waals surface area contributed by atoms with Crippen LogP contribution in [0.25, 0.3) is 11.1 Å². The zero-order valence-corrected chi connectivity index (χ0v) is 19.9. The predicted octanol–water partition coefficient (Wildman–Crippen LogP) is 7.63. The second-order valence-corrected chi connectivity index (χ2v) is 10.8. The topological polar surface area (TPSA) is 26.3 Å². The highest BCUT2D eigenvalue weighted by atomic mass is 79.9. The first-order valence-corrected chi connectivity index (χ1v) is 11.0. The average Bonchev–Trinajstić information content (AvgIpc) is 3.19. The van der Waals surface area contributed by atoms with Gasteiger partial charge in [0, 0.05) is 0 Å². The van der Waals surface area contributed by atoms with Gasteiger partial charge in [-0.05, 0) is 84.5 Å². The first kappa shape index (κ1) is 23.1. The van der Waals surface area contributed by atoms with Gasteiger partial charge in [0.15, 0.2) is 0 Å². The molecule has 1 saturated carbocycles. The molecule has 0 spiro atoms. The molecule has 3 rings (SSSR count). The Morgan fingerprint density at radius 3 is 2.47 bits per heavy atom. The van der Waals surface area contributed by atoms with Gasteiger partial charge in [0.25, 0.3) is 0 Å². The number of halogens is 5. The number of alkyl halides is 3. The molecule has 1 aliphatic carbocycles. The fourth-order valence-electron chi connectivity index (χ4n) is 3.83. The molecule has 0 aromatic heterocycles. The molecule has 2 atom stereocenters. The van der Waals surface area contributed by atoms with Crippen molar-refractivity contribution >= 4 is 37.8 Å². The van der Waals surface area contributed by atoms with Crippen LogP contribution in [0.4, 0.5) is 13.2 Å². The van der Waals surface area contributed by atoms with Crippen molar-refractivity contribution in [3.63, 3.8) is 0 Å². The molecule has 1 aliphatic rings. The Bertz CT molecular complexity index is 992.